The minimum atomic E-state index is -0.439. The number of nitrogens with zero attached hydrogens (tertiary/aromatic N) is 4. The zero-order chi connectivity index (χ0) is 36.8. The first kappa shape index (κ1) is 43.8. The van der Waals surface area contributed by atoms with Crippen molar-refractivity contribution in [2.75, 3.05) is 0 Å². The van der Waals surface area contributed by atoms with Gasteiger partial charge in [0, 0.05) is 25.2 Å². The third-order valence-electron chi connectivity index (χ3n) is 10.1. The molecule has 2 heterocycles. The lowest BCUT2D eigenvalue weighted by molar-refractivity contribution is 0.450. The van der Waals surface area contributed by atoms with Crippen LogP contribution in [0.25, 0.3) is 0 Å². The van der Waals surface area contributed by atoms with Gasteiger partial charge in [0.1, 0.15) is 23.5 Å². The number of hydrogen-bond donors (Lipinski definition) is 0. The molecule has 0 aliphatic heterocycles. The third-order valence-corrected chi connectivity index (χ3v) is 10.1. The van der Waals surface area contributed by atoms with Gasteiger partial charge in [0.25, 0.3) is 0 Å². The first-order chi connectivity index (χ1) is 25.0. The van der Waals surface area contributed by atoms with Crippen molar-refractivity contribution in [3.63, 3.8) is 0 Å². The fourth-order valence-corrected chi connectivity index (χ4v) is 6.89. The van der Waals surface area contributed by atoms with Crippen molar-refractivity contribution in [2.45, 2.75) is 207 Å². The number of unbranched alkanes of at least 4 members (excludes halogenated alkanes) is 26. The first-order valence-electron chi connectivity index (χ1n) is 21.0. The van der Waals surface area contributed by atoms with Crippen molar-refractivity contribution >= 4 is 0 Å². The van der Waals surface area contributed by atoms with Crippen molar-refractivity contribution < 1.29 is 4.74 Å². The maximum Gasteiger partial charge on any atom is 0.225 e. The number of aromatic nitrogens is 2. The van der Waals surface area contributed by atoms with Crippen LogP contribution in [-0.4, -0.2) is 9.13 Å². The lowest BCUT2D eigenvalue weighted by Gasteiger charge is -2.14. The van der Waals surface area contributed by atoms with Crippen molar-refractivity contribution in [2.24, 2.45) is 0 Å². The summed E-state index contributed by atoms with van der Waals surface area (Å²) in [7, 11) is 0. The molecule has 2 aromatic heterocycles. The van der Waals surface area contributed by atoms with Crippen molar-refractivity contribution in [3.8, 4) is 23.6 Å². The molecule has 0 unspecified atom stereocenters. The van der Waals surface area contributed by atoms with E-state index in [2.05, 4.69) is 26.0 Å². The van der Waals surface area contributed by atoms with Gasteiger partial charge in [-0.05, 0) is 12.8 Å². The van der Waals surface area contributed by atoms with E-state index in [9.17, 15) is 20.1 Å². The van der Waals surface area contributed by atoms with E-state index in [-0.39, 0.29) is 22.9 Å². The van der Waals surface area contributed by atoms with E-state index in [1.807, 2.05) is 0 Å². The van der Waals surface area contributed by atoms with Crippen molar-refractivity contribution in [1.82, 2.24) is 9.13 Å². The monoisotopic (exact) mass is 703 g/mol. The molecule has 2 rings (SSSR count). The number of hydrogen-bond acceptors (Lipinski definition) is 5. The topological polar surface area (TPSA) is 101 Å². The molecule has 0 saturated heterocycles. The number of rotatable bonds is 32. The highest BCUT2D eigenvalue weighted by molar-refractivity contribution is 5.35. The number of pyridine rings is 2. The average Bonchev–Trinajstić information content (AvgIpc) is 3.13. The zero-order valence-corrected chi connectivity index (χ0v) is 32.5. The Bertz CT molecular complexity index is 1290. The van der Waals surface area contributed by atoms with Crippen LogP contribution in [0.15, 0.2) is 34.1 Å². The maximum absolute atomic E-state index is 12.8. The number of nitriles is 2. The average molecular weight is 703 g/mol. The lowest BCUT2D eigenvalue weighted by Crippen LogP contribution is -2.17. The van der Waals surface area contributed by atoms with Gasteiger partial charge in [-0.15, -0.1) is 0 Å². The molecule has 0 N–H and O–H groups in total. The Morgan fingerprint density at radius 3 is 0.961 bits per heavy atom. The van der Waals surface area contributed by atoms with Crippen LogP contribution in [0, 0.1) is 22.7 Å². The Kier molecular flexibility index (Phi) is 25.2. The standard InChI is InChI=1S/C44H70N4O3/c1-3-5-7-9-11-13-15-17-19-21-23-25-27-29-31-47-37-43(41(49)33-39(47)35-45)51-44-38-48(40(36-46)34-42(44)50)32-30-28-26-24-22-20-18-16-14-12-10-8-6-4-2/h33-34,37-38H,3-32H2,1-2H3. The fraction of sp³-hybridized carbons (Fsp3) is 0.727. The summed E-state index contributed by atoms with van der Waals surface area (Å²) in [6.07, 6.45) is 38.8. The summed E-state index contributed by atoms with van der Waals surface area (Å²) < 4.78 is 9.40. The minimum Gasteiger partial charge on any atom is -0.446 e. The number of ether oxygens (including phenoxy) is 1. The van der Waals surface area contributed by atoms with Crippen molar-refractivity contribution in [1.29, 1.82) is 10.5 Å². The molecule has 51 heavy (non-hydrogen) atoms. The quantitative estimate of drug-likeness (QED) is 0.0706. The van der Waals surface area contributed by atoms with Crippen LogP contribution >= 0.6 is 0 Å². The summed E-state index contributed by atoms with van der Waals surface area (Å²) in [5, 5.41) is 19.3. The van der Waals surface area contributed by atoms with E-state index in [4.69, 9.17) is 4.74 Å². The SMILES string of the molecule is CCCCCCCCCCCCCCCCn1cc(Oc2cn(CCCCCCCCCCCCCCCC)c(C#N)cc2=O)c(=O)cc1C#N. The Morgan fingerprint density at radius 1 is 0.451 bits per heavy atom. The Labute approximate surface area is 310 Å². The molecule has 0 radical (unpaired) electrons. The minimum absolute atomic E-state index is 0.0178. The Morgan fingerprint density at radius 2 is 0.706 bits per heavy atom. The van der Waals surface area contributed by atoms with Crippen LogP contribution in [0.1, 0.15) is 205 Å². The van der Waals surface area contributed by atoms with Crippen LogP contribution in [-0.2, 0) is 13.1 Å². The van der Waals surface area contributed by atoms with E-state index >= 15 is 0 Å². The zero-order valence-electron chi connectivity index (χ0n) is 32.5. The van der Waals surface area contributed by atoms with Crippen LogP contribution < -0.4 is 15.6 Å². The predicted octanol–water partition coefficient (Wildman–Crippen LogP) is 12.5. The van der Waals surface area contributed by atoms with Gasteiger partial charge in [-0.1, -0.05) is 181 Å². The van der Waals surface area contributed by atoms with Gasteiger partial charge < -0.3 is 13.9 Å². The van der Waals surface area contributed by atoms with Gasteiger partial charge in [0.15, 0.2) is 11.5 Å². The second-order valence-electron chi connectivity index (χ2n) is 14.7. The van der Waals surface area contributed by atoms with Gasteiger partial charge in [-0.25, -0.2) is 0 Å². The smallest absolute Gasteiger partial charge is 0.225 e. The third kappa shape index (κ3) is 19.8. The van der Waals surface area contributed by atoms with E-state index < -0.39 is 10.9 Å². The summed E-state index contributed by atoms with van der Waals surface area (Å²) in [6, 6.07) is 6.83. The summed E-state index contributed by atoms with van der Waals surface area (Å²) in [5.74, 6) is 0.0356. The molecule has 0 aliphatic carbocycles. The molecule has 0 fully saturated rings. The maximum atomic E-state index is 12.8. The molecular formula is C44H70N4O3. The van der Waals surface area contributed by atoms with Crippen LogP contribution in [0.5, 0.6) is 11.5 Å². The van der Waals surface area contributed by atoms with Gasteiger partial charge in [-0.2, -0.15) is 10.5 Å². The molecule has 0 saturated carbocycles. The molecule has 7 heteroatoms. The highest BCUT2D eigenvalue weighted by Gasteiger charge is 2.13. The molecule has 0 atom stereocenters. The highest BCUT2D eigenvalue weighted by Crippen LogP contribution is 2.19. The van der Waals surface area contributed by atoms with E-state index in [0.717, 1.165) is 38.5 Å². The molecule has 0 aliphatic rings. The lowest BCUT2D eigenvalue weighted by atomic mass is 10.0. The first-order valence-corrected chi connectivity index (χ1v) is 21.0. The Balaban J connectivity index is 1.75. The molecule has 284 valence electrons. The molecule has 0 bridgehead atoms. The van der Waals surface area contributed by atoms with E-state index in [1.165, 1.54) is 153 Å². The molecule has 0 spiro atoms. The fourth-order valence-electron chi connectivity index (χ4n) is 6.89. The van der Waals surface area contributed by atoms with Crippen molar-refractivity contribution in [3.05, 3.63) is 56.4 Å². The normalized spacial score (nSPS) is 11.1. The summed E-state index contributed by atoms with van der Waals surface area (Å²) >= 11 is 0. The number of aryl methyl sites for hydroxylation is 2. The van der Waals surface area contributed by atoms with E-state index in [1.54, 1.807) is 21.5 Å². The van der Waals surface area contributed by atoms with E-state index in [0.29, 0.717) is 13.1 Å². The van der Waals surface area contributed by atoms with Gasteiger partial charge >= 0.3 is 0 Å². The summed E-state index contributed by atoms with van der Waals surface area (Å²) in [5.41, 5.74) is -0.300. The van der Waals surface area contributed by atoms with Crippen LogP contribution in [0.4, 0.5) is 0 Å². The second-order valence-corrected chi connectivity index (χ2v) is 14.7. The van der Waals surface area contributed by atoms with Crippen LogP contribution in [0.3, 0.4) is 0 Å². The van der Waals surface area contributed by atoms with Gasteiger partial charge in [0.2, 0.25) is 10.9 Å². The molecule has 7 nitrogen and oxygen atoms in total. The molecule has 2 aromatic rings. The summed E-state index contributed by atoms with van der Waals surface area (Å²) in [4.78, 5) is 25.7. The van der Waals surface area contributed by atoms with Gasteiger partial charge in [0.05, 0.1) is 12.4 Å². The van der Waals surface area contributed by atoms with Gasteiger partial charge in [-0.3, -0.25) is 9.59 Å². The molecule has 0 aromatic carbocycles. The highest BCUT2D eigenvalue weighted by atomic mass is 16.5. The second kappa shape index (κ2) is 29.3. The van der Waals surface area contributed by atoms with Crippen LogP contribution in [0.2, 0.25) is 0 Å². The largest absolute Gasteiger partial charge is 0.446 e. The molecular weight excluding hydrogens is 633 g/mol. The Hall–Kier alpha value is -3.32. The summed E-state index contributed by atoms with van der Waals surface area (Å²) in [6.45, 7) is 5.74. The molecule has 0 amide bonds. The predicted molar refractivity (Wildman–Crippen MR) is 212 cm³/mol.